The lowest BCUT2D eigenvalue weighted by molar-refractivity contribution is -0.135. The van der Waals surface area contributed by atoms with Gasteiger partial charge in [0.25, 0.3) is 5.66 Å². The minimum Gasteiger partial charge on any atom is -0.240 e. The van der Waals surface area contributed by atoms with E-state index in [1.807, 2.05) is 37.3 Å². The molecule has 2 unspecified atom stereocenters. The van der Waals surface area contributed by atoms with Gasteiger partial charge in [-0.25, -0.2) is 4.39 Å². The highest BCUT2D eigenvalue weighted by Crippen LogP contribution is 2.56. The van der Waals surface area contributed by atoms with Crippen molar-refractivity contribution in [2.75, 3.05) is 6.16 Å². The molecule has 2 atom stereocenters. The van der Waals surface area contributed by atoms with Gasteiger partial charge in [0.2, 0.25) is 0 Å². The summed E-state index contributed by atoms with van der Waals surface area (Å²) in [5.41, 5.74) is -1.97. The molecule has 0 spiro atoms. The van der Waals surface area contributed by atoms with Gasteiger partial charge >= 0.3 is 6.18 Å². The van der Waals surface area contributed by atoms with Crippen LogP contribution in [0.1, 0.15) is 58.3 Å². The SMILES string of the molecule is CCCCP(c1ccccc1-c1ccccc1)C(F)(F)C(F)CCCCCCC(F)(F)F. The fraction of sp³-hybridized carbons (Fsp3) is 0.520. The zero-order chi connectivity index (χ0) is 23.6. The van der Waals surface area contributed by atoms with Gasteiger partial charge in [0, 0.05) is 14.3 Å². The van der Waals surface area contributed by atoms with Crippen LogP contribution in [0.4, 0.5) is 26.3 Å². The van der Waals surface area contributed by atoms with E-state index in [2.05, 4.69) is 0 Å². The van der Waals surface area contributed by atoms with Gasteiger partial charge in [0.05, 0.1) is 0 Å². The molecule has 0 amide bonds. The molecule has 0 radical (unpaired) electrons. The average Bonchev–Trinajstić information content (AvgIpc) is 2.76. The van der Waals surface area contributed by atoms with Crippen molar-refractivity contribution >= 4 is 13.2 Å². The molecule has 2 rings (SSSR count). The highest BCUT2D eigenvalue weighted by Gasteiger charge is 2.48. The molecule has 2 aromatic rings. The molecule has 0 aliphatic rings. The minimum atomic E-state index is -4.21. The van der Waals surface area contributed by atoms with E-state index in [0.717, 1.165) is 12.0 Å². The van der Waals surface area contributed by atoms with Crippen LogP contribution in [0, 0.1) is 0 Å². The summed E-state index contributed by atoms with van der Waals surface area (Å²) in [7, 11) is -2.09. The van der Waals surface area contributed by atoms with Crippen molar-refractivity contribution < 1.29 is 26.3 Å². The van der Waals surface area contributed by atoms with Crippen LogP contribution >= 0.6 is 7.92 Å². The van der Waals surface area contributed by atoms with E-state index in [1.165, 1.54) is 0 Å². The molecule has 0 aliphatic heterocycles. The molecule has 178 valence electrons. The van der Waals surface area contributed by atoms with E-state index in [9.17, 15) is 17.6 Å². The summed E-state index contributed by atoms with van der Waals surface area (Å²) in [6.07, 6.45) is -5.51. The first-order valence-electron chi connectivity index (χ1n) is 11.2. The lowest BCUT2D eigenvalue weighted by atomic mass is 10.1. The van der Waals surface area contributed by atoms with Gasteiger partial charge in [0.1, 0.15) is 0 Å². The molecule has 0 fully saturated rings. The second kappa shape index (κ2) is 12.6. The van der Waals surface area contributed by atoms with Crippen molar-refractivity contribution in [3.63, 3.8) is 0 Å². The molecule has 0 bridgehead atoms. The third-order valence-electron chi connectivity index (χ3n) is 5.42. The maximum atomic E-state index is 15.4. The minimum absolute atomic E-state index is 0.0511. The predicted octanol–water partition coefficient (Wildman–Crippen LogP) is 9.09. The average molecular weight is 476 g/mol. The Bertz CT molecular complexity index is 791. The molecule has 2 aromatic carbocycles. The first kappa shape index (κ1) is 26.7. The fourth-order valence-corrected chi connectivity index (χ4v) is 6.38. The number of hydrogen-bond donors (Lipinski definition) is 0. The third kappa shape index (κ3) is 8.10. The standard InChI is InChI=1S/C25H31F6P/c1-2-3-19-32(22-16-11-10-15-21(22)20-13-7-6-8-14-20)25(30,31)23(26)17-9-4-5-12-18-24(27,28)29/h6-8,10-11,13-16,23H,2-5,9,12,17-19H2,1H3. The van der Waals surface area contributed by atoms with Gasteiger partial charge in [-0.15, -0.1) is 0 Å². The van der Waals surface area contributed by atoms with E-state index in [4.69, 9.17) is 0 Å². The van der Waals surface area contributed by atoms with Crippen LogP contribution in [0.25, 0.3) is 11.1 Å². The van der Waals surface area contributed by atoms with Gasteiger partial charge < -0.3 is 0 Å². The maximum absolute atomic E-state index is 15.4. The molecule has 0 nitrogen and oxygen atoms in total. The molecule has 0 saturated carbocycles. The normalized spacial score (nSPS) is 14.3. The highest BCUT2D eigenvalue weighted by atomic mass is 31.1. The number of benzene rings is 2. The first-order chi connectivity index (χ1) is 15.2. The Balaban J connectivity index is 2.13. The number of unbranched alkanes of at least 4 members (excludes halogenated alkanes) is 4. The van der Waals surface area contributed by atoms with Gasteiger partial charge in [-0.3, -0.25) is 0 Å². The fourth-order valence-electron chi connectivity index (χ4n) is 3.66. The molecule has 0 N–H and O–H groups in total. The molecule has 0 heterocycles. The Morgan fingerprint density at radius 3 is 2.06 bits per heavy atom. The highest BCUT2D eigenvalue weighted by molar-refractivity contribution is 7.67. The summed E-state index contributed by atoms with van der Waals surface area (Å²) in [5.74, 6) is 0. The smallest absolute Gasteiger partial charge is 0.240 e. The molecular formula is C25H31F6P. The second-order valence-corrected chi connectivity index (χ2v) is 10.4. The van der Waals surface area contributed by atoms with E-state index < -0.39 is 32.4 Å². The summed E-state index contributed by atoms with van der Waals surface area (Å²) < 4.78 is 82.3. The molecular weight excluding hydrogens is 445 g/mol. The van der Waals surface area contributed by atoms with Crippen LogP contribution in [0.2, 0.25) is 0 Å². The van der Waals surface area contributed by atoms with Crippen molar-refractivity contribution in [2.45, 2.75) is 76.3 Å². The monoisotopic (exact) mass is 476 g/mol. The van der Waals surface area contributed by atoms with Crippen LogP contribution in [-0.2, 0) is 0 Å². The number of hydrogen-bond acceptors (Lipinski definition) is 0. The van der Waals surface area contributed by atoms with Gasteiger partial charge in [-0.05, 0) is 41.9 Å². The Hall–Kier alpha value is -1.55. The maximum Gasteiger partial charge on any atom is 0.389 e. The van der Waals surface area contributed by atoms with E-state index >= 15 is 8.78 Å². The Kier molecular flexibility index (Phi) is 10.5. The summed E-state index contributed by atoms with van der Waals surface area (Å²) in [6, 6.07) is 16.3. The second-order valence-electron chi connectivity index (χ2n) is 8.01. The van der Waals surface area contributed by atoms with Crippen molar-refractivity contribution in [1.29, 1.82) is 0 Å². The van der Waals surface area contributed by atoms with E-state index in [1.54, 1.807) is 24.3 Å². The molecule has 32 heavy (non-hydrogen) atoms. The van der Waals surface area contributed by atoms with Gasteiger partial charge in [-0.1, -0.05) is 87.2 Å². The Morgan fingerprint density at radius 2 is 1.41 bits per heavy atom. The van der Waals surface area contributed by atoms with E-state index in [-0.39, 0.29) is 31.8 Å². The summed E-state index contributed by atoms with van der Waals surface area (Å²) in [4.78, 5) is 0. The van der Waals surface area contributed by atoms with Gasteiger partial charge in [-0.2, -0.15) is 22.0 Å². The topological polar surface area (TPSA) is 0 Å². The van der Waals surface area contributed by atoms with Crippen molar-refractivity contribution in [2.24, 2.45) is 0 Å². The van der Waals surface area contributed by atoms with Crippen LogP contribution in [-0.4, -0.2) is 24.2 Å². The lowest BCUT2D eigenvalue weighted by Crippen LogP contribution is -2.33. The Labute approximate surface area is 188 Å². The predicted molar refractivity (Wildman–Crippen MR) is 122 cm³/mol. The van der Waals surface area contributed by atoms with Crippen molar-refractivity contribution in [1.82, 2.24) is 0 Å². The third-order valence-corrected chi connectivity index (χ3v) is 8.15. The van der Waals surface area contributed by atoms with Crippen LogP contribution in [0.5, 0.6) is 0 Å². The zero-order valence-corrected chi connectivity index (χ0v) is 19.2. The summed E-state index contributed by atoms with van der Waals surface area (Å²) in [6.45, 7) is 1.92. The number of alkyl halides is 6. The molecule has 0 saturated heterocycles. The van der Waals surface area contributed by atoms with Gasteiger partial charge in [0.15, 0.2) is 6.17 Å². The molecule has 7 heteroatoms. The quantitative estimate of drug-likeness (QED) is 0.154. The first-order valence-corrected chi connectivity index (χ1v) is 12.7. The Morgan fingerprint density at radius 1 is 0.781 bits per heavy atom. The summed E-state index contributed by atoms with van der Waals surface area (Å²) >= 11 is 0. The molecule has 0 aliphatic carbocycles. The van der Waals surface area contributed by atoms with E-state index in [0.29, 0.717) is 23.7 Å². The van der Waals surface area contributed by atoms with Crippen LogP contribution in [0.15, 0.2) is 54.6 Å². The lowest BCUT2D eigenvalue weighted by Gasteiger charge is -2.32. The number of halogens is 6. The van der Waals surface area contributed by atoms with Crippen molar-refractivity contribution in [3.05, 3.63) is 54.6 Å². The van der Waals surface area contributed by atoms with Crippen LogP contribution in [0.3, 0.4) is 0 Å². The zero-order valence-electron chi connectivity index (χ0n) is 18.4. The van der Waals surface area contributed by atoms with Crippen molar-refractivity contribution in [3.8, 4) is 11.1 Å². The number of rotatable bonds is 13. The summed E-state index contributed by atoms with van der Waals surface area (Å²) in [5, 5.41) is 0.500. The van der Waals surface area contributed by atoms with Crippen LogP contribution < -0.4 is 5.30 Å². The molecule has 0 aromatic heterocycles. The largest absolute Gasteiger partial charge is 0.389 e.